The van der Waals surface area contributed by atoms with Gasteiger partial charge in [0.15, 0.2) is 5.84 Å². The van der Waals surface area contributed by atoms with Crippen LogP contribution in [0.4, 0.5) is 10.5 Å². The first-order chi connectivity index (χ1) is 22.3. The van der Waals surface area contributed by atoms with Crippen LogP contribution in [-0.4, -0.2) is 75.6 Å². The average Bonchev–Trinajstić information content (AvgIpc) is 3.39. The fraction of sp³-hybridized carbons (Fsp3) is 0.267. The van der Waals surface area contributed by atoms with Gasteiger partial charge in [-0.3, -0.25) is 24.2 Å². The Hall–Kier alpha value is -5.31. The predicted octanol–water partition coefficient (Wildman–Crippen LogP) is 3.26. The van der Waals surface area contributed by atoms with Crippen molar-refractivity contribution in [1.82, 2.24) is 15.2 Å². The topological polar surface area (TPSA) is 235 Å². The molecule has 17 heteroatoms. The number of carbonyl (C=O) groups is 4. The molecule has 0 aliphatic rings. The molecule has 1 aromatic heterocycles. The maximum Gasteiger partial charge on any atom is 0.524 e. The molecule has 0 aliphatic carbocycles. The van der Waals surface area contributed by atoms with Gasteiger partial charge in [-0.05, 0) is 68.7 Å². The van der Waals surface area contributed by atoms with E-state index < -0.39 is 32.6 Å². The monoisotopic (exact) mass is 670 g/mol. The number of carbonyl (C=O) groups excluding carboxylic acids is 4. The molecule has 0 unspecified atom stereocenters. The van der Waals surface area contributed by atoms with E-state index >= 15 is 0 Å². The van der Waals surface area contributed by atoms with Crippen LogP contribution >= 0.6 is 7.82 Å². The van der Waals surface area contributed by atoms with Gasteiger partial charge in [-0.25, -0.2) is 24.2 Å². The summed E-state index contributed by atoms with van der Waals surface area (Å²) in [6.07, 6.45) is 1.13. The molecule has 6 N–H and O–H groups in total. The number of aromatic nitrogens is 1. The third-order valence-electron chi connectivity index (χ3n) is 6.51. The molecule has 3 rings (SSSR count). The van der Waals surface area contributed by atoms with Gasteiger partial charge in [-0.2, -0.15) is 0 Å². The lowest BCUT2D eigenvalue weighted by molar-refractivity contribution is -0.151. The Morgan fingerprint density at radius 2 is 1.77 bits per heavy atom. The van der Waals surface area contributed by atoms with Crippen LogP contribution in [-0.2, 0) is 25.3 Å². The van der Waals surface area contributed by atoms with Crippen LogP contribution in [0.5, 0.6) is 5.75 Å². The lowest BCUT2D eigenvalue weighted by Gasteiger charge is -2.18. The van der Waals surface area contributed by atoms with Crippen LogP contribution in [0.15, 0.2) is 58.6 Å². The molecule has 0 spiro atoms. The molecule has 2 aromatic carbocycles. The first kappa shape index (κ1) is 36.2. The summed E-state index contributed by atoms with van der Waals surface area (Å²) in [5.41, 5.74) is 8.51. The van der Waals surface area contributed by atoms with Gasteiger partial charge >= 0.3 is 19.9 Å². The molecular weight excluding hydrogens is 635 g/mol. The van der Waals surface area contributed by atoms with Crippen LogP contribution in [0, 0.1) is 13.8 Å². The molecular formula is C30H35N6O10P. The summed E-state index contributed by atoms with van der Waals surface area (Å²) >= 11 is 0. The van der Waals surface area contributed by atoms with E-state index in [1.54, 1.807) is 32.0 Å². The number of benzene rings is 2. The molecule has 0 saturated carbocycles. The average molecular weight is 671 g/mol. The zero-order chi connectivity index (χ0) is 34.7. The van der Waals surface area contributed by atoms with Crippen LogP contribution in [0.25, 0.3) is 0 Å². The molecule has 3 aromatic rings. The van der Waals surface area contributed by atoms with Gasteiger partial charge in [0.25, 0.3) is 11.8 Å². The molecule has 0 fully saturated rings. The second-order valence-corrected chi connectivity index (χ2v) is 10.9. The molecule has 3 amide bonds. The van der Waals surface area contributed by atoms with Crippen LogP contribution < -0.4 is 15.6 Å². The lowest BCUT2D eigenvalue weighted by Crippen LogP contribution is -2.37. The molecule has 0 bridgehead atoms. The number of ether oxygens (including phenoxy) is 2. The molecule has 47 heavy (non-hydrogen) atoms. The van der Waals surface area contributed by atoms with Crippen molar-refractivity contribution in [3.8, 4) is 5.75 Å². The largest absolute Gasteiger partial charge is 0.524 e. The summed E-state index contributed by atoms with van der Waals surface area (Å²) in [5.74, 6) is -1.69. The molecule has 0 aliphatic heterocycles. The lowest BCUT2D eigenvalue weighted by atomic mass is 10.1. The van der Waals surface area contributed by atoms with Gasteiger partial charge in [0.1, 0.15) is 5.75 Å². The third-order valence-corrected chi connectivity index (χ3v) is 6.95. The summed E-state index contributed by atoms with van der Waals surface area (Å²) in [5, 5.41) is 2.73. The van der Waals surface area contributed by atoms with E-state index in [9.17, 15) is 23.7 Å². The minimum atomic E-state index is -4.72. The Morgan fingerprint density at radius 3 is 2.38 bits per heavy atom. The van der Waals surface area contributed by atoms with Crippen molar-refractivity contribution in [1.29, 1.82) is 0 Å². The minimum Gasteiger partial charge on any atom is -0.428 e. The molecule has 0 radical (unpaired) electrons. The quantitative estimate of drug-likeness (QED) is 0.0616. The Kier molecular flexibility index (Phi) is 12.5. The molecule has 16 nitrogen and oxygen atoms in total. The number of imide groups is 1. The second-order valence-electron chi connectivity index (χ2n) is 9.77. The Labute approximate surface area is 269 Å². The number of aromatic amines is 1. The van der Waals surface area contributed by atoms with Gasteiger partial charge in [0.05, 0.1) is 29.7 Å². The van der Waals surface area contributed by atoms with Gasteiger partial charge in [0.2, 0.25) is 6.79 Å². The zero-order valence-corrected chi connectivity index (χ0v) is 26.9. The highest BCUT2D eigenvalue weighted by Crippen LogP contribution is 2.37. The van der Waals surface area contributed by atoms with E-state index in [0.29, 0.717) is 34.6 Å². The smallest absolute Gasteiger partial charge is 0.428 e. The van der Waals surface area contributed by atoms with E-state index in [0.717, 1.165) is 16.8 Å². The number of H-pyrrole nitrogens is 1. The fourth-order valence-electron chi connectivity index (χ4n) is 4.17. The van der Waals surface area contributed by atoms with Crippen molar-refractivity contribution in [2.24, 2.45) is 15.7 Å². The standard InChI is InChI=1S/C30H35N6O10P/c1-5-32-28(38)21-10-7-18(3)24(14-21)35-27(34-16-31)26-19(4)23(15-33-26)29(39)36(6-2)30(40)45-17-44-25(37)13-20-8-11-22(12-9-20)46-47(41,42)43/h7-12,14-16,33H,5-6,13,17H2,1-4H3,(H,32,38)(H2,31,34,35)(H2,41,42,43). The summed E-state index contributed by atoms with van der Waals surface area (Å²) in [6, 6.07) is 10.4. The van der Waals surface area contributed by atoms with Crippen LogP contribution in [0.1, 0.15) is 56.9 Å². The number of aliphatic imine (C=N–C) groups is 2. The normalized spacial score (nSPS) is 11.7. The van der Waals surface area contributed by atoms with Gasteiger partial charge < -0.3 is 30.0 Å². The number of amidine groups is 1. The predicted molar refractivity (Wildman–Crippen MR) is 171 cm³/mol. The summed E-state index contributed by atoms with van der Waals surface area (Å²) in [6.45, 7) is 6.43. The summed E-state index contributed by atoms with van der Waals surface area (Å²) < 4.78 is 25.3. The Bertz CT molecular complexity index is 1730. The SMILES string of the molecule is CCNC(=O)c1ccc(C)c(N=C(N=CN)c2[nH]cc(C(=O)N(CC)C(=O)OCOC(=O)Cc3ccc(OP(=O)(O)O)cc3)c2C)c1. The summed E-state index contributed by atoms with van der Waals surface area (Å²) in [7, 11) is -4.72. The zero-order valence-electron chi connectivity index (χ0n) is 26.1. The first-order valence-electron chi connectivity index (χ1n) is 14.2. The highest BCUT2D eigenvalue weighted by molar-refractivity contribution is 7.46. The fourth-order valence-corrected chi connectivity index (χ4v) is 4.56. The van der Waals surface area contributed by atoms with E-state index in [1.807, 2.05) is 13.8 Å². The Balaban J connectivity index is 1.68. The number of hydrogen-bond acceptors (Lipinski definition) is 9. The molecule has 1 heterocycles. The van der Waals surface area contributed by atoms with E-state index in [1.165, 1.54) is 30.5 Å². The number of nitrogens with one attached hydrogen (secondary N) is 2. The highest BCUT2D eigenvalue weighted by Gasteiger charge is 2.27. The van der Waals surface area contributed by atoms with Crippen molar-refractivity contribution in [3.63, 3.8) is 0 Å². The number of phosphoric ester groups is 1. The molecule has 0 atom stereocenters. The number of amides is 3. The van der Waals surface area contributed by atoms with Crippen molar-refractivity contribution < 1.29 is 47.5 Å². The minimum absolute atomic E-state index is 0.0672. The molecule has 0 saturated heterocycles. The number of rotatable bonds is 12. The van der Waals surface area contributed by atoms with Crippen molar-refractivity contribution in [2.45, 2.75) is 34.1 Å². The first-order valence-corrected chi connectivity index (χ1v) is 15.7. The van der Waals surface area contributed by atoms with Crippen molar-refractivity contribution in [3.05, 3.63) is 82.2 Å². The highest BCUT2D eigenvalue weighted by atomic mass is 31.2. The Morgan fingerprint density at radius 1 is 1.06 bits per heavy atom. The van der Waals surface area contributed by atoms with Crippen molar-refractivity contribution in [2.75, 3.05) is 19.9 Å². The second kappa shape index (κ2) is 16.3. The van der Waals surface area contributed by atoms with Crippen LogP contribution in [0.2, 0.25) is 0 Å². The summed E-state index contributed by atoms with van der Waals surface area (Å²) in [4.78, 5) is 80.9. The van der Waals surface area contributed by atoms with Gasteiger partial charge in [-0.1, -0.05) is 18.2 Å². The number of phosphoric acid groups is 1. The van der Waals surface area contributed by atoms with E-state index in [4.69, 9.17) is 25.0 Å². The maximum atomic E-state index is 13.4. The van der Waals surface area contributed by atoms with Gasteiger partial charge in [-0.15, -0.1) is 0 Å². The van der Waals surface area contributed by atoms with E-state index in [-0.39, 0.29) is 36.0 Å². The van der Waals surface area contributed by atoms with E-state index in [2.05, 4.69) is 24.8 Å². The third kappa shape index (κ3) is 10.1. The number of hydrogen-bond donors (Lipinski definition) is 5. The number of aryl methyl sites for hydroxylation is 1. The van der Waals surface area contributed by atoms with Crippen molar-refractivity contribution >= 4 is 49.6 Å². The van der Waals surface area contributed by atoms with Gasteiger partial charge in [0, 0.05) is 24.8 Å². The number of esters is 1. The van der Waals surface area contributed by atoms with Crippen LogP contribution in [0.3, 0.4) is 0 Å². The number of nitrogens with two attached hydrogens (primary N) is 1. The number of nitrogens with zero attached hydrogens (tertiary/aromatic N) is 3. The molecule has 250 valence electrons. The maximum absolute atomic E-state index is 13.4.